The van der Waals surface area contributed by atoms with Gasteiger partial charge in [-0.3, -0.25) is 0 Å². The molecule has 0 bridgehead atoms. The van der Waals surface area contributed by atoms with Gasteiger partial charge in [0.15, 0.2) is 0 Å². The lowest BCUT2D eigenvalue weighted by Crippen LogP contribution is -2.28. The van der Waals surface area contributed by atoms with Crippen molar-refractivity contribution in [2.75, 3.05) is 18.8 Å². The number of sulfonamides is 2. The topological polar surface area (TPSA) is 110 Å². The van der Waals surface area contributed by atoms with Crippen LogP contribution in [0.3, 0.4) is 0 Å². The first kappa shape index (κ1) is 12.8. The van der Waals surface area contributed by atoms with E-state index in [4.69, 9.17) is 0 Å². The Morgan fingerprint density at radius 1 is 0.923 bits per heavy atom. The molecule has 0 aliphatic rings. The van der Waals surface area contributed by atoms with Crippen LogP contribution >= 0.6 is 0 Å². The number of nitrogens with zero attached hydrogens (tertiary/aromatic N) is 1. The first-order chi connectivity index (χ1) is 5.41. The molecule has 0 radical (unpaired) electrons. The molecule has 0 aliphatic heterocycles. The summed E-state index contributed by atoms with van der Waals surface area (Å²) in [4.78, 5) is 0. The molecule has 0 saturated heterocycles. The fourth-order valence-corrected chi connectivity index (χ4v) is 5.26. The van der Waals surface area contributed by atoms with Crippen LogP contribution < -0.4 is 4.13 Å². The van der Waals surface area contributed by atoms with Gasteiger partial charge in [0.25, 0.3) is 10.0 Å². The van der Waals surface area contributed by atoms with E-state index in [1.54, 1.807) is 4.13 Å². The lowest BCUT2D eigenvalue weighted by molar-refractivity contribution is 0.598. The molecule has 80 valence electrons. The molecular weight excluding hydrogens is 240 g/mol. The predicted octanol–water partition coefficient (Wildman–Crippen LogP) is -1.49. The van der Waals surface area contributed by atoms with Gasteiger partial charge in [-0.25, -0.2) is 21.0 Å². The van der Waals surface area contributed by atoms with E-state index in [1.807, 2.05) is 0 Å². The first-order valence-corrected chi connectivity index (χ1v) is 8.49. The smallest absolute Gasteiger partial charge is 0.232 e. The summed E-state index contributed by atoms with van der Waals surface area (Å²) in [5.41, 5.74) is 0. The molecule has 0 fully saturated rings. The van der Waals surface area contributed by atoms with Gasteiger partial charge in [-0.05, 0) is 0 Å². The summed E-state index contributed by atoms with van der Waals surface area (Å²) in [6.07, 6.45) is 2.36. The summed E-state index contributed by atoms with van der Waals surface area (Å²) < 4.78 is 57.9. The summed E-state index contributed by atoms with van der Waals surface area (Å²) in [5, 5.41) is 0. The van der Waals surface area contributed by atoms with Crippen molar-refractivity contribution in [1.82, 2.24) is 4.13 Å². The van der Waals surface area contributed by atoms with Crippen molar-refractivity contribution in [2.24, 2.45) is 3.77 Å². The summed E-state index contributed by atoms with van der Waals surface area (Å²) in [7, 11) is -11.0. The quantitative estimate of drug-likeness (QED) is 0.656. The molecule has 13 heavy (non-hydrogen) atoms. The zero-order valence-electron chi connectivity index (χ0n) is 7.21. The van der Waals surface area contributed by atoms with Crippen LogP contribution in [0.2, 0.25) is 0 Å². The van der Waals surface area contributed by atoms with Crippen molar-refractivity contribution < 1.29 is 21.0 Å². The Labute approximate surface area is 78.0 Å². The van der Waals surface area contributed by atoms with Crippen LogP contribution in [-0.4, -0.2) is 39.8 Å². The molecule has 10 heteroatoms. The Balaban J connectivity index is 5.27. The average Bonchev–Trinajstić information content (AvgIpc) is 1.43. The summed E-state index contributed by atoms with van der Waals surface area (Å²) in [6.45, 7) is 0. The van der Waals surface area contributed by atoms with Crippen molar-refractivity contribution in [2.45, 2.75) is 0 Å². The number of rotatable bonds is 3. The van der Waals surface area contributed by atoms with Gasteiger partial charge in [0.2, 0.25) is 10.0 Å². The van der Waals surface area contributed by atoms with Gasteiger partial charge >= 0.3 is 0 Å². The maximum Gasteiger partial charge on any atom is 0.259 e. The first-order valence-electron chi connectivity index (χ1n) is 2.83. The van der Waals surface area contributed by atoms with Gasteiger partial charge in [-0.15, -0.1) is 4.13 Å². The van der Waals surface area contributed by atoms with Gasteiger partial charge in [-0.1, -0.05) is 3.77 Å². The zero-order chi connectivity index (χ0) is 10.9. The standard InChI is InChI=1S/C3H10N2O5S3/c1-11(6,4-12(2,7)8)5-13(3,9)10/h1-3H3,(H,4,5,6). The van der Waals surface area contributed by atoms with Gasteiger partial charge in [-0.2, -0.15) is 0 Å². The maximum absolute atomic E-state index is 11.2. The average molecular weight is 250 g/mol. The molecule has 7 nitrogen and oxygen atoms in total. The molecule has 0 spiro atoms. The van der Waals surface area contributed by atoms with Crippen LogP contribution in [-0.2, 0) is 30.0 Å². The Hall–Kier alpha value is -0.190. The zero-order valence-corrected chi connectivity index (χ0v) is 9.66. The molecule has 0 rings (SSSR count). The van der Waals surface area contributed by atoms with E-state index in [0.29, 0.717) is 0 Å². The highest BCUT2D eigenvalue weighted by Crippen LogP contribution is 1.94. The van der Waals surface area contributed by atoms with Crippen LogP contribution in [0, 0.1) is 0 Å². The monoisotopic (exact) mass is 250 g/mol. The summed E-state index contributed by atoms with van der Waals surface area (Å²) in [6, 6.07) is 0. The third kappa shape index (κ3) is 8.15. The minimum Gasteiger partial charge on any atom is -0.232 e. The minimum atomic E-state index is -3.83. The van der Waals surface area contributed by atoms with Crippen LogP contribution in [0.25, 0.3) is 0 Å². The Bertz CT molecular complexity index is 491. The van der Waals surface area contributed by atoms with Crippen molar-refractivity contribution in [1.29, 1.82) is 0 Å². The molecule has 1 unspecified atom stereocenters. The highest BCUT2D eigenvalue weighted by atomic mass is 32.3. The lowest BCUT2D eigenvalue weighted by Gasteiger charge is -2.02. The second-order valence-corrected chi connectivity index (χ2v) is 8.34. The Morgan fingerprint density at radius 2 is 1.31 bits per heavy atom. The largest absolute Gasteiger partial charge is 0.259 e. The highest BCUT2D eigenvalue weighted by molar-refractivity contribution is 8.08. The van der Waals surface area contributed by atoms with Crippen molar-refractivity contribution in [3.63, 3.8) is 0 Å². The fourth-order valence-electron chi connectivity index (χ4n) is 0.554. The molecule has 0 amide bonds. The van der Waals surface area contributed by atoms with Gasteiger partial charge < -0.3 is 0 Å². The third-order valence-electron chi connectivity index (χ3n) is 0.584. The van der Waals surface area contributed by atoms with Crippen molar-refractivity contribution in [3.05, 3.63) is 0 Å². The maximum atomic E-state index is 11.2. The molecule has 0 heterocycles. The Morgan fingerprint density at radius 3 is 1.54 bits per heavy atom. The third-order valence-corrected chi connectivity index (χ3v) is 5.25. The van der Waals surface area contributed by atoms with E-state index < -0.39 is 30.0 Å². The van der Waals surface area contributed by atoms with E-state index in [0.717, 1.165) is 18.8 Å². The van der Waals surface area contributed by atoms with E-state index in [9.17, 15) is 21.0 Å². The number of hydrogen-bond acceptors (Lipinski definition) is 5. The second kappa shape index (κ2) is 3.52. The highest BCUT2D eigenvalue weighted by Gasteiger charge is 2.11. The molecule has 0 aromatic rings. The normalized spacial score (nSPS) is 17.8. The molecule has 0 saturated carbocycles. The number of hydrogen-bond donors (Lipinski definition) is 1. The van der Waals surface area contributed by atoms with Crippen molar-refractivity contribution >= 4 is 30.0 Å². The van der Waals surface area contributed by atoms with Crippen LogP contribution in [0.4, 0.5) is 0 Å². The molecule has 1 atom stereocenters. The molecule has 0 aromatic carbocycles. The lowest BCUT2D eigenvalue weighted by atomic mass is 12.0. The SMILES string of the molecule is CS(=O)(=O)N=S(C)(=O)NS(C)(=O)=O. The number of nitrogens with one attached hydrogen (secondary N) is 1. The van der Waals surface area contributed by atoms with Crippen LogP contribution in [0.15, 0.2) is 3.77 Å². The predicted molar refractivity (Wildman–Crippen MR) is 49.3 cm³/mol. The van der Waals surface area contributed by atoms with E-state index in [-0.39, 0.29) is 0 Å². The van der Waals surface area contributed by atoms with E-state index in [1.165, 1.54) is 0 Å². The van der Waals surface area contributed by atoms with Crippen molar-refractivity contribution in [3.8, 4) is 0 Å². The van der Waals surface area contributed by atoms with Gasteiger partial charge in [0.1, 0.15) is 9.92 Å². The van der Waals surface area contributed by atoms with Crippen LogP contribution in [0.1, 0.15) is 0 Å². The summed E-state index contributed by atoms with van der Waals surface area (Å²) >= 11 is 0. The molecule has 0 aromatic heterocycles. The van der Waals surface area contributed by atoms with Gasteiger partial charge in [0.05, 0.1) is 12.5 Å². The minimum absolute atomic E-state index is 0.722. The van der Waals surface area contributed by atoms with Crippen LogP contribution in [0.5, 0.6) is 0 Å². The van der Waals surface area contributed by atoms with E-state index in [2.05, 4.69) is 3.77 Å². The summed E-state index contributed by atoms with van der Waals surface area (Å²) in [5.74, 6) is 0. The Kier molecular flexibility index (Phi) is 3.47. The molecule has 1 N–H and O–H groups in total. The van der Waals surface area contributed by atoms with Gasteiger partial charge in [0, 0.05) is 6.26 Å². The fraction of sp³-hybridized carbons (Fsp3) is 1.00. The molecular formula is C3H10N2O5S3. The molecule has 0 aliphatic carbocycles. The second-order valence-electron chi connectivity index (χ2n) is 2.47. The van der Waals surface area contributed by atoms with E-state index >= 15 is 0 Å².